The van der Waals surface area contributed by atoms with Crippen LogP contribution < -0.4 is 16.4 Å². The monoisotopic (exact) mass is 471 g/mol. The molecule has 0 fully saturated rings. The van der Waals surface area contributed by atoms with Crippen molar-refractivity contribution < 1.29 is 18.4 Å². The molecule has 2 aromatic carbocycles. The number of aldehydes is 1. The van der Waals surface area contributed by atoms with Crippen LogP contribution in [0.4, 0.5) is 26.4 Å². The van der Waals surface area contributed by atoms with E-state index in [9.17, 15) is 14.0 Å². The first-order valence-corrected chi connectivity index (χ1v) is 10.4. The van der Waals surface area contributed by atoms with Gasteiger partial charge in [-0.15, -0.1) is 0 Å². The molecule has 3 aromatic heterocycles. The third-order valence-corrected chi connectivity index (χ3v) is 5.28. The molecular formula is C24H18FN7O3. The summed E-state index contributed by atoms with van der Waals surface area (Å²) in [6, 6.07) is 10.8. The van der Waals surface area contributed by atoms with E-state index in [1.807, 2.05) is 0 Å². The minimum absolute atomic E-state index is 0.0835. The van der Waals surface area contributed by atoms with Crippen molar-refractivity contribution >= 4 is 35.0 Å². The molecule has 0 spiro atoms. The fourth-order valence-electron chi connectivity index (χ4n) is 3.69. The highest BCUT2D eigenvalue weighted by atomic mass is 19.1. The highest BCUT2D eigenvalue weighted by Crippen LogP contribution is 2.38. The van der Waals surface area contributed by atoms with Crippen molar-refractivity contribution in [3.8, 4) is 22.6 Å². The fourth-order valence-corrected chi connectivity index (χ4v) is 3.69. The first-order chi connectivity index (χ1) is 16.9. The summed E-state index contributed by atoms with van der Waals surface area (Å²) in [6.07, 6.45) is 4.85. The van der Waals surface area contributed by atoms with Crippen molar-refractivity contribution in [1.29, 1.82) is 0 Å². The number of rotatable bonds is 5. The average molecular weight is 471 g/mol. The van der Waals surface area contributed by atoms with Gasteiger partial charge in [0.15, 0.2) is 12.1 Å². The van der Waals surface area contributed by atoms with Gasteiger partial charge in [0.25, 0.3) is 0 Å². The SMILES string of the molecule is Cc1ccc(F)c(NC(=O)Nc2ccc(-c3c(-c4nc(C=O)co4)cn4ncnc(N)c34)cc2)c1. The number of benzene rings is 2. The van der Waals surface area contributed by atoms with Gasteiger partial charge in [-0.25, -0.2) is 23.7 Å². The lowest BCUT2D eigenvalue weighted by Crippen LogP contribution is -2.20. The molecule has 35 heavy (non-hydrogen) atoms. The topological polar surface area (TPSA) is 140 Å². The van der Waals surface area contributed by atoms with Crippen LogP contribution in [0.1, 0.15) is 16.1 Å². The van der Waals surface area contributed by atoms with Gasteiger partial charge in [-0.05, 0) is 42.3 Å². The Hall–Kier alpha value is -5.06. The average Bonchev–Trinajstić information content (AvgIpc) is 3.47. The molecule has 4 N–H and O–H groups in total. The molecule has 10 nitrogen and oxygen atoms in total. The third-order valence-electron chi connectivity index (χ3n) is 5.28. The molecule has 0 aliphatic carbocycles. The van der Waals surface area contributed by atoms with Gasteiger partial charge < -0.3 is 20.8 Å². The molecule has 0 atom stereocenters. The lowest BCUT2D eigenvalue weighted by atomic mass is 10.0. The Morgan fingerprint density at radius 3 is 2.71 bits per heavy atom. The van der Waals surface area contributed by atoms with Crippen LogP contribution in [-0.2, 0) is 0 Å². The van der Waals surface area contributed by atoms with Crippen LogP contribution in [0.15, 0.2) is 65.7 Å². The Morgan fingerprint density at radius 2 is 1.97 bits per heavy atom. The van der Waals surface area contributed by atoms with Gasteiger partial charge in [-0.3, -0.25) is 4.79 Å². The Labute approximate surface area is 197 Å². The number of nitrogens with zero attached hydrogens (tertiary/aromatic N) is 4. The van der Waals surface area contributed by atoms with E-state index < -0.39 is 11.8 Å². The zero-order chi connectivity index (χ0) is 24.5. The van der Waals surface area contributed by atoms with E-state index in [0.29, 0.717) is 34.2 Å². The second-order valence-electron chi connectivity index (χ2n) is 7.69. The van der Waals surface area contributed by atoms with Gasteiger partial charge in [-0.1, -0.05) is 18.2 Å². The van der Waals surface area contributed by atoms with Gasteiger partial charge in [0, 0.05) is 17.4 Å². The lowest BCUT2D eigenvalue weighted by Gasteiger charge is -2.10. The molecule has 0 saturated carbocycles. The Bertz CT molecular complexity index is 1570. The molecule has 0 saturated heterocycles. The zero-order valence-electron chi connectivity index (χ0n) is 18.3. The number of aromatic nitrogens is 4. The molecule has 5 rings (SSSR count). The standard InChI is InChI=1S/C24H18FN7O3/c1-13-2-7-18(25)19(8-13)31-24(34)30-15-5-3-14(4-6-15)20-17(23-29-16(10-33)11-35-23)9-32-21(20)22(26)27-12-28-32/h2-12H,1H3,(H2,26,27,28)(H2,30,31,34). The number of carbonyl (C=O) groups is 2. The van der Waals surface area contributed by atoms with Gasteiger partial charge in [0.05, 0.1) is 11.3 Å². The molecule has 0 radical (unpaired) electrons. The number of carbonyl (C=O) groups excluding carboxylic acids is 2. The summed E-state index contributed by atoms with van der Waals surface area (Å²) in [7, 11) is 0. The summed E-state index contributed by atoms with van der Waals surface area (Å²) >= 11 is 0. The number of nitrogens with two attached hydrogens (primary N) is 1. The summed E-state index contributed by atoms with van der Waals surface area (Å²) in [5, 5.41) is 9.38. The molecular weight excluding hydrogens is 453 g/mol. The van der Waals surface area contributed by atoms with Crippen molar-refractivity contribution in [3.63, 3.8) is 0 Å². The highest BCUT2D eigenvalue weighted by molar-refractivity contribution is 6.01. The Kier molecular flexibility index (Phi) is 5.41. The summed E-state index contributed by atoms with van der Waals surface area (Å²) < 4.78 is 21.0. The van der Waals surface area contributed by atoms with Gasteiger partial charge in [-0.2, -0.15) is 5.10 Å². The quantitative estimate of drug-likeness (QED) is 0.320. The number of anilines is 3. The normalized spacial score (nSPS) is 10.9. The number of hydrogen-bond acceptors (Lipinski definition) is 7. The predicted molar refractivity (Wildman–Crippen MR) is 127 cm³/mol. The maximum absolute atomic E-state index is 13.9. The minimum Gasteiger partial charge on any atom is -0.444 e. The first-order valence-electron chi connectivity index (χ1n) is 10.4. The number of amides is 2. The van der Waals surface area contributed by atoms with Crippen LogP contribution in [0.5, 0.6) is 0 Å². The molecule has 174 valence electrons. The van der Waals surface area contributed by atoms with Crippen LogP contribution in [0.2, 0.25) is 0 Å². The van der Waals surface area contributed by atoms with E-state index in [0.717, 1.165) is 5.56 Å². The minimum atomic E-state index is -0.587. The van der Waals surface area contributed by atoms with Crippen LogP contribution in [0.3, 0.4) is 0 Å². The van der Waals surface area contributed by atoms with Crippen molar-refractivity contribution in [1.82, 2.24) is 19.6 Å². The van der Waals surface area contributed by atoms with Crippen molar-refractivity contribution in [3.05, 3.63) is 78.3 Å². The number of fused-ring (bicyclic) bond motifs is 1. The number of aryl methyl sites for hydroxylation is 1. The smallest absolute Gasteiger partial charge is 0.323 e. The second-order valence-corrected chi connectivity index (χ2v) is 7.69. The van der Waals surface area contributed by atoms with E-state index in [1.165, 1.54) is 18.7 Å². The molecule has 0 aliphatic heterocycles. The number of oxazole rings is 1. The van der Waals surface area contributed by atoms with E-state index >= 15 is 0 Å². The zero-order valence-corrected chi connectivity index (χ0v) is 18.3. The predicted octanol–water partition coefficient (Wildman–Crippen LogP) is 4.54. The van der Waals surface area contributed by atoms with Crippen molar-refractivity contribution in [2.75, 3.05) is 16.4 Å². The lowest BCUT2D eigenvalue weighted by molar-refractivity contribution is 0.111. The fraction of sp³-hybridized carbons (Fsp3) is 0.0417. The molecule has 3 heterocycles. The maximum Gasteiger partial charge on any atom is 0.323 e. The number of nitrogens with one attached hydrogen (secondary N) is 2. The van der Waals surface area contributed by atoms with Crippen molar-refractivity contribution in [2.24, 2.45) is 0 Å². The summed E-state index contributed by atoms with van der Waals surface area (Å²) in [6.45, 7) is 1.80. The molecule has 0 unspecified atom stereocenters. The van der Waals surface area contributed by atoms with Crippen LogP contribution in [0.25, 0.3) is 28.1 Å². The summed E-state index contributed by atoms with van der Waals surface area (Å²) in [4.78, 5) is 31.7. The van der Waals surface area contributed by atoms with Gasteiger partial charge in [0.2, 0.25) is 5.89 Å². The molecule has 5 aromatic rings. The number of hydrogen-bond donors (Lipinski definition) is 3. The third kappa shape index (κ3) is 4.17. The summed E-state index contributed by atoms with van der Waals surface area (Å²) in [5.41, 5.74) is 10.1. The van der Waals surface area contributed by atoms with E-state index in [2.05, 4.69) is 25.7 Å². The van der Waals surface area contributed by atoms with E-state index in [4.69, 9.17) is 10.2 Å². The van der Waals surface area contributed by atoms with Crippen LogP contribution in [-0.4, -0.2) is 31.9 Å². The van der Waals surface area contributed by atoms with Gasteiger partial charge in [0.1, 0.15) is 29.6 Å². The number of nitrogen functional groups attached to an aromatic ring is 1. The maximum atomic E-state index is 13.9. The Balaban J connectivity index is 1.47. The molecule has 0 bridgehead atoms. The Morgan fingerprint density at radius 1 is 1.17 bits per heavy atom. The van der Waals surface area contributed by atoms with Crippen LogP contribution >= 0.6 is 0 Å². The highest BCUT2D eigenvalue weighted by Gasteiger charge is 2.21. The van der Waals surface area contributed by atoms with Gasteiger partial charge >= 0.3 is 6.03 Å². The molecule has 11 heteroatoms. The van der Waals surface area contributed by atoms with E-state index in [1.54, 1.807) is 54.0 Å². The molecule has 2 amide bonds. The summed E-state index contributed by atoms with van der Waals surface area (Å²) in [5.74, 6) is -0.0720. The second kappa shape index (κ2) is 8.71. The first kappa shape index (κ1) is 21.8. The number of halogens is 1. The largest absolute Gasteiger partial charge is 0.444 e. The molecule has 0 aliphatic rings. The van der Waals surface area contributed by atoms with Crippen LogP contribution in [0, 0.1) is 12.7 Å². The van der Waals surface area contributed by atoms with Crippen molar-refractivity contribution in [2.45, 2.75) is 6.92 Å². The number of urea groups is 1. The van der Waals surface area contributed by atoms with E-state index in [-0.39, 0.29) is 23.1 Å².